The molecule has 0 unspecified atom stereocenters. The number of nitrogens with one attached hydrogen (secondary N) is 1. The molecule has 0 aliphatic rings. The molecule has 35 heavy (non-hydrogen) atoms. The number of nitrogens with zero attached hydrogens (tertiary/aromatic N) is 3. The zero-order valence-electron chi connectivity index (χ0n) is 18.2. The molecule has 0 saturated heterocycles. The van der Waals surface area contributed by atoms with Gasteiger partial charge in [-0.2, -0.15) is 0 Å². The molecule has 1 aromatic heterocycles. The molecule has 1 N–H and O–H groups in total. The topological polar surface area (TPSA) is 115 Å². The van der Waals surface area contributed by atoms with E-state index >= 15 is 0 Å². The highest BCUT2D eigenvalue weighted by Crippen LogP contribution is 2.31. The highest BCUT2D eigenvalue weighted by molar-refractivity contribution is 7.92. The Labute approximate surface area is 201 Å². The Morgan fingerprint density at radius 1 is 0.686 bits per heavy atom. The lowest BCUT2D eigenvalue weighted by Gasteiger charge is -2.12. The monoisotopic (exact) mass is 482 g/mol. The predicted molar refractivity (Wildman–Crippen MR) is 134 cm³/mol. The summed E-state index contributed by atoms with van der Waals surface area (Å²) in [5.74, 6) is 0. The van der Waals surface area contributed by atoms with Crippen molar-refractivity contribution in [2.24, 2.45) is 0 Å². The molecule has 5 rings (SSSR count). The molecule has 0 saturated carbocycles. The second kappa shape index (κ2) is 8.96. The van der Waals surface area contributed by atoms with Gasteiger partial charge in [0, 0.05) is 23.3 Å². The van der Waals surface area contributed by atoms with Crippen molar-refractivity contribution in [3.05, 3.63) is 113 Å². The van der Waals surface area contributed by atoms with E-state index in [1.807, 2.05) is 60.7 Å². The Balaban J connectivity index is 1.61. The van der Waals surface area contributed by atoms with E-state index in [1.54, 1.807) is 6.07 Å². The first kappa shape index (κ1) is 22.2. The third-order valence-corrected chi connectivity index (χ3v) is 6.73. The van der Waals surface area contributed by atoms with Crippen LogP contribution in [0.1, 0.15) is 0 Å². The number of benzene rings is 4. The van der Waals surface area contributed by atoms with Gasteiger partial charge < -0.3 is 0 Å². The fraction of sp³-hybridized carbons (Fsp3) is 0. The quantitative estimate of drug-likeness (QED) is 0.246. The molecule has 0 radical (unpaired) electrons. The van der Waals surface area contributed by atoms with Crippen LogP contribution in [0, 0.1) is 10.1 Å². The van der Waals surface area contributed by atoms with Crippen LogP contribution in [0.3, 0.4) is 0 Å². The minimum absolute atomic E-state index is 0.0303. The number of fused-ring (bicyclic) bond motifs is 1. The van der Waals surface area contributed by atoms with Gasteiger partial charge in [-0.3, -0.25) is 14.8 Å². The van der Waals surface area contributed by atoms with Crippen molar-refractivity contribution in [2.75, 3.05) is 4.72 Å². The maximum atomic E-state index is 13.0. The fourth-order valence-electron chi connectivity index (χ4n) is 3.69. The average Bonchev–Trinajstić information content (AvgIpc) is 2.88. The van der Waals surface area contributed by atoms with Crippen LogP contribution in [-0.4, -0.2) is 23.3 Å². The van der Waals surface area contributed by atoms with Crippen molar-refractivity contribution < 1.29 is 13.3 Å². The Morgan fingerprint density at radius 3 is 1.89 bits per heavy atom. The summed E-state index contributed by atoms with van der Waals surface area (Å²) in [4.78, 5) is 20.0. The van der Waals surface area contributed by atoms with Crippen molar-refractivity contribution in [1.82, 2.24) is 9.97 Å². The zero-order valence-corrected chi connectivity index (χ0v) is 19.0. The highest BCUT2D eigenvalue weighted by Gasteiger charge is 2.19. The van der Waals surface area contributed by atoms with Crippen LogP contribution < -0.4 is 4.72 Å². The van der Waals surface area contributed by atoms with Crippen molar-refractivity contribution >= 4 is 32.4 Å². The van der Waals surface area contributed by atoms with Crippen LogP contribution in [-0.2, 0) is 10.0 Å². The standard InChI is InChI=1S/C26H18N4O4S/c31-30(32)21-13-7-12-20(16-21)29-35(33,34)22-14-15-23-24(17-22)28-26(19-10-5-2-6-11-19)25(27-23)18-8-3-1-4-9-18/h1-17,29H. The predicted octanol–water partition coefficient (Wildman–Crippen LogP) is 5.67. The molecule has 1 heterocycles. The number of hydrogen-bond acceptors (Lipinski definition) is 6. The number of aromatic nitrogens is 2. The van der Waals surface area contributed by atoms with E-state index < -0.39 is 14.9 Å². The highest BCUT2D eigenvalue weighted by atomic mass is 32.2. The maximum Gasteiger partial charge on any atom is 0.271 e. The lowest BCUT2D eigenvalue weighted by Crippen LogP contribution is -2.13. The largest absolute Gasteiger partial charge is 0.279 e. The number of anilines is 1. The lowest BCUT2D eigenvalue weighted by atomic mass is 10.0. The van der Waals surface area contributed by atoms with Gasteiger partial charge in [0.1, 0.15) is 0 Å². The first-order chi connectivity index (χ1) is 16.9. The van der Waals surface area contributed by atoms with Gasteiger partial charge in [-0.05, 0) is 24.3 Å². The van der Waals surface area contributed by atoms with E-state index in [0.29, 0.717) is 22.4 Å². The summed E-state index contributed by atoms with van der Waals surface area (Å²) in [6, 6.07) is 29.0. The molecule has 0 aliphatic carbocycles. The normalized spacial score (nSPS) is 11.3. The number of non-ortho nitro benzene ring substituents is 1. The second-order valence-corrected chi connectivity index (χ2v) is 9.40. The molecule has 0 bridgehead atoms. The first-order valence-corrected chi connectivity index (χ1v) is 12.1. The average molecular weight is 483 g/mol. The van der Waals surface area contributed by atoms with E-state index in [9.17, 15) is 18.5 Å². The summed E-state index contributed by atoms with van der Waals surface area (Å²) in [6.07, 6.45) is 0. The summed E-state index contributed by atoms with van der Waals surface area (Å²) in [5.41, 5.74) is 3.89. The molecule has 0 aliphatic heterocycles. The third kappa shape index (κ3) is 4.57. The zero-order chi connectivity index (χ0) is 24.4. The van der Waals surface area contributed by atoms with Gasteiger partial charge in [0.05, 0.1) is 37.9 Å². The van der Waals surface area contributed by atoms with Gasteiger partial charge in [-0.25, -0.2) is 18.4 Å². The van der Waals surface area contributed by atoms with E-state index in [4.69, 9.17) is 9.97 Å². The van der Waals surface area contributed by atoms with Crippen LogP contribution in [0.4, 0.5) is 11.4 Å². The minimum Gasteiger partial charge on any atom is -0.279 e. The molecular formula is C26H18N4O4S. The van der Waals surface area contributed by atoms with Crippen molar-refractivity contribution in [2.45, 2.75) is 4.90 Å². The van der Waals surface area contributed by atoms with Crippen LogP contribution in [0.5, 0.6) is 0 Å². The molecular weight excluding hydrogens is 464 g/mol. The second-order valence-electron chi connectivity index (χ2n) is 7.72. The van der Waals surface area contributed by atoms with E-state index in [2.05, 4.69) is 4.72 Å². The number of nitro benzene ring substituents is 1. The van der Waals surface area contributed by atoms with Gasteiger partial charge >= 0.3 is 0 Å². The molecule has 9 heteroatoms. The molecule has 4 aromatic carbocycles. The van der Waals surface area contributed by atoms with Gasteiger partial charge in [-0.15, -0.1) is 0 Å². The molecule has 0 spiro atoms. The van der Waals surface area contributed by atoms with Crippen LogP contribution in [0.2, 0.25) is 0 Å². The summed E-state index contributed by atoms with van der Waals surface area (Å²) < 4.78 is 28.5. The Bertz CT molecular complexity index is 1660. The lowest BCUT2D eigenvalue weighted by molar-refractivity contribution is -0.384. The fourth-order valence-corrected chi connectivity index (χ4v) is 4.76. The van der Waals surface area contributed by atoms with Crippen LogP contribution in [0.15, 0.2) is 108 Å². The number of rotatable bonds is 6. The van der Waals surface area contributed by atoms with Crippen molar-refractivity contribution in [3.63, 3.8) is 0 Å². The van der Waals surface area contributed by atoms with Crippen molar-refractivity contribution in [1.29, 1.82) is 0 Å². The van der Waals surface area contributed by atoms with Gasteiger partial charge in [-0.1, -0.05) is 66.7 Å². The third-order valence-electron chi connectivity index (χ3n) is 5.35. The molecule has 0 amide bonds. The van der Waals surface area contributed by atoms with E-state index in [-0.39, 0.29) is 16.3 Å². The Kier molecular flexibility index (Phi) is 5.68. The maximum absolute atomic E-state index is 13.0. The molecule has 8 nitrogen and oxygen atoms in total. The molecule has 172 valence electrons. The SMILES string of the molecule is O=[N+]([O-])c1cccc(NS(=O)(=O)c2ccc3nc(-c4ccccc4)c(-c4ccccc4)nc3c2)c1. The summed E-state index contributed by atoms with van der Waals surface area (Å²) in [6.45, 7) is 0. The van der Waals surface area contributed by atoms with Crippen molar-refractivity contribution in [3.8, 4) is 22.5 Å². The molecule has 0 fully saturated rings. The van der Waals surface area contributed by atoms with Crippen LogP contribution in [0.25, 0.3) is 33.5 Å². The summed E-state index contributed by atoms with van der Waals surface area (Å²) in [7, 11) is -4.03. The molecule has 5 aromatic rings. The number of nitro groups is 1. The minimum atomic E-state index is -4.03. The van der Waals surface area contributed by atoms with Gasteiger partial charge in [0.15, 0.2) is 0 Å². The van der Waals surface area contributed by atoms with E-state index in [0.717, 1.165) is 17.2 Å². The summed E-state index contributed by atoms with van der Waals surface area (Å²) >= 11 is 0. The first-order valence-electron chi connectivity index (χ1n) is 10.6. The van der Waals surface area contributed by atoms with E-state index in [1.165, 1.54) is 30.3 Å². The number of sulfonamides is 1. The van der Waals surface area contributed by atoms with Gasteiger partial charge in [0.25, 0.3) is 15.7 Å². The Hall–Kier alpha value is -4.63. The summed E-state index contributed by atoms with van der Waals surface area (Å²) in [5, 5.41) is 11.0. The van der Waals surface area contributed by atoms with Crippen LogP contribution >= 0.6 is 0 Å². The number of hydrogen-bond donors (Lipinski definition) is 1. The van der Waals surface area contributed by atoms with Gasteiger partial charge in [0.2, 0.25) is 0 Å². The molecule has 0 atom stereocenters. The Morgan fingerprint density at radius 2 is 1.29 bits per heavy atom. The smallest absolute Gasteiger partial charge is 0.271 e.